The van der Waals surface area contributed by atoms with Gasteiger partial charge in [-0.15, -0.1) is 0 Å². The van der Waals surface area contributed by atoms with Crippen molar-refractivity contribution in [2.75, 3.05) is 7.11 Å². The molecular weight excluding hydrogens is 204 g/mol. The van der Waals surface area contributed by atoms with Gasteiger partial charge >= 0.3 is 0 Å². The lowest BCUT2D eigenvalue weighted by Crippen LogP contribution is -2.02. The molecule has 0 heterocycles. The average molecular weight is 216 g/mol. The molecule has 16 heavy (non-hydrogen) atoms. The molecule has 0 amide bonds. The number of hydrogen-bond donors (Lipinski definition) is 1. The molecule has 0 aromatic heterocycles. The number of aldehydes is 1. The van der Waals surface area contributed by atoms with Gasteiger partial charge in [0.05, 0.1) is 7.11 Å². The molecule has 1 N–H and O–H groups in total. The van der Waals surface area contributed by atoms with E-state index < -0.39 is 6.10 Å². The van der Waals surface area contributed by atoms with Crippen molar-refractivity contribution in [2.45, 2.75) is 6.10 Å². The van der Waals surface area contributed by atoms with Gasteiger partial charge in [-0.05, 0) is 16.8 Å². The Balaban J connectivity index is 2.77. The molecule has 0 fully saturated rings. The van der Waals surface area contributed by atoms with E-state index in [0.29, 0.717) is 17.6 Å². The first kappa shape index (κ1) is 10.6. The number of benzene rings is 2. The standard InChI is InChI=1S/C13H12O3/c1-16-12-7-6-9-4-2-3-5-10(9)13(12)11(15)8-14/h2-8,11,15H,1H3. The van der Waals surface area contributed by atoms with Gasteiger partial charge in [0.25, 0.3) is 0 Å². The van der Waals surface area contributed by atoms with Crippen LogP contribution in [-0.2, 0) is 4.79 Å². The van der Waals surface area contributed by atoms with Crippen LogP contribution >= 0.6 is 0 Å². The number of fused-ring (bicyclic) bond motifs is 1. The van der Waals surface area contributed by atoms with Gasteiger partial charge < -0.3 is 14.6 Å². The fourth-order valence-electron chi connectivity index (χ4n) is 1.83. The van der Waals surface area contributed by atoms with E-state index in [1.54, 1.807) is 6.07 Å². The zero-order valence-corrected chi connectivity index (χ0v) is 8.88. The third-order valence-corrected chi connectivity index (χ3v) is 2.58. The highest BCUT2D eigenvalue weighted by atomic mass is 16.5. The van der Waals surface area contributed by atoms with Crippen LogP contribution in [-0.4, -0.2) is 18.5 Å². The highest BCUT2D eigenvalue weighted by Crippen LogP contribution is 2.32. The van der Waals surface area contributed by atoms with Crippen molar-refractivity contribution in [1.82, 2.24) is 0 Å². The second kappa shape index (κ2) is 4.33. The van der Waals surface area contributed by atoms with Crippen molar-refractivity contribution in [2.24, 2.45) is 0 Å². The maximum Gasteiger partial charge on any atom is 0.153 e. The first-order chi connectivity index (χ1) is 7.77. The summed E-state index contributed by atoms with van der Waals surface area (Å²) in [5.41, 5.74) is 0.524. The number of ether oxygens (including phenoxy) is 1. The molecule has 2 aromatic rings. The topological polar surface area (TPSA) is 46.5 Å². The van der Waals surface area contributed by atoms with Gasteiger partial charge in [-0.2, -0.15) is 0 Å². The van der Waals surface area contributed by atoms with Crippen molar-refractivity contribution in [3.63, 3.8) is 0 Å². The molecule has 0 spiro atoms. The summed E-state index contributed by atoms with van der Waals surface area (Å²) in [6.45, 7) is 0. The highest BCUT2D eigenvalue weighted by molar-refractivity contribution is 5.90. The number of rotatable bonds is 3. The van der Waals surface area contributed by atoms with Gasteiger partial charge in [-0.1, -0.05) is 30.3 Å². The van der Waals surface area contributed by atoms with Gasteiger partial charge in [0.2, 0.25) is 0 Å². The third kappa shape index (κ3) is 1.66. The van der Waals surface area contributed by atoms with Gasteiger partial charge in [0.1, 0.15) is 11.9 Å². The Morgan fingerprint density at radius 1 is 1.25 bits per heavy atom. The minimum Gasteiger partial charge on any atom is -0.496 e. The predicted octanol–water partition coefficient (Wildman–Crippen LogP) is 2.08. The Hall–Kier alpha value is -1.87. The van der Waals surface area contributed by atoms with E-state index in [1.165, 1.54) is 7.11 Å². The fraction of sp³-hybridized carbons (Fsp3) is 0.154. The summed E-state index contributed by atoms with van der Waals surface area (Å²) in [5.74, 6) is 0.526. The second-order valence-electron chi connectivity index (χ2n) is 3.48. The molecule has 0 aliphatic carbocycles. The highest BCUT2D eigenvalue weighted by Gasteiger charge is 2.15. The number of hydrogen-bond acceptors (Lipinski definition) is 3. The fourth-order valence-corrected chi connectivity index (χ4v) is 1.83. The zero-order chi connectivity index (χ0) is 11.5. The lowest BCUT2D eigenvalue weighted by atomic mass is 10.00. The Morgan fingerprint density at radius 2 is 2.00 bits per heavy atom. The molecular formula is C13H12O3. The monoisotopic (exact) mass is 216 g/mol. The second-order valence-corrected chi connectivity index (χ2v) is 3.48. The Labute approximate surface area is 93.3 Å². The molecule has 82 valence electrons. The normalized spacial score (nSPS) is 12.4. The molecule has 0 saturated heterocycles. The van der Waals surface area contributed by atoms with Gasteiger partial charge in [0, 0.05) is 5.56 Å². The van der Waals surface area contributed by atoms with E-state index in [9.17, 15) is 9.90 Å². The first-order valence-corrected chi connectivity index (χ1v) is 4.97. The summed E-state index contributed by atoms with van der Waals surface area (Å²) in [4.78, 5) is 10.7. The van der Waals surface area contributed by atoms with Crippen molar-refractivity contribution in [3.8, 4) is 5.75 Å². The first-order valence-electron chi connectivity index (χ1n) is 4.97. The summed E-state index contributed by atoms with van der Waals surface area (Å²) >= 11 is 0. The van der Waals surface area contributed by atoms with Crippen LogP contribution in [0.5, 0.6) is 5.75 Å². The van der Waals surface area contributed by atoms with Crippen LogP contribution in [0.15, 0.2) is 36.4 Å². The van der Waals surface area contributed by atoms with E-state index in [1.807, 2.05) is 30.3 Å². The lowest BCUT2D eigenvalue weighted by Gasteiger charge is -2.13. The molecule has 0 aliphatic heterocycles. The minimum absolute atomic E-state index is 0.504. The van der Waals surface area contributed by atoms with Crippen LogP contribution in [0.25, 0.3) is 10.8 Å². The van der Waals surface area contributed by atoms with E-state index in [2.05, 4.69) is 0 Å². The smallest absolute Gasteiger partial charge is 0.153 e. The molecule has 3 heteroatoms. The average Bonchev–Trinajstić information content (AvgIpc) is 2.36. The van der Waals surface area contributed by atoms with Gasteiger partial charge in [-0.25, -0.2) is 0 Å². The quantitative estimate of drug-likeness (QED) is 0.799. The summed E-state index contributed by atoms with van der Waals surface area (Å²) in [7, 11) is 1.52. The summed E-state index contributed by atoms with van der Waals surface area (Å²) in [6, 6.07) is 11.2. The van der Waals surface area contributed by atoms with Crippen LogP contribution in [0.4, 0.5) is 0 Å². The molecule has 0 bridgehead atoms. The summed E-state index contributed by atoms with van der Waals surface area (Å²) in [6.07, 6.45) is -0.648. The molecule has 0 aliphatic rings. The minimum atomic E-state index is -1.15. The SMILES string of the molecule is COc1ccc2ccccc2c1C(O)C=O. The Morgan fingerprint density at radius 3 is 2.69 bits per heavy atom. The van der Waals surface area contributed by atoms with Gasteiger partial charge in [-0.3, -0.25) is 0 Å². The van der Waals surface area contributed by atoms with Crippen LogP contribution in [0.3, 0.4) is 0 Å². The lowest BCUT2D eigenvalue weighted by molar-refractivity contribution is -0.115. The Bertz CT molecular complexity index is 520. The van der Waals surface area contributed by atoms with Gasteiger partial charge in [0.15, 0.2) is 6.29 Å². The van der Waals surface area contributed by atoms with E-state index in [-0.39, 0.29) is 0 Å². The van der Waals surface area contributed by atoms with Crippen molar-refractivity contribution < 1.29 is 14.6 Å². The van der Waals surface area contributed by atoms with Crippen molar-refractivity contribution in [1.29, 1.82) is 0 Å². The molecule has 1 unspecified atom stereocenters. The maximum absolute atomic E-state index is 10.7. The molecule has 3 nitrogen and oxygen atoms in total. The summed E-state index contributed by atoms with van der Waals surface area (Å²) in [5, 5.41) is 11.5. The Kier molecular flexibility index (Phi) is 2.88. The number of carbonyl (C=O) groups excluding carboxylic acids is 1. The van der Waals surface area contributed by atoms with Crippen LogP contribution in [0.1, 0.15) is 11.7 Å². The van der Waals surface area contributed by atoms with Crippen molar-refractivity contribution in [3.05, 3.63) is 42.0 Å². The van der Waals surface area contributed by atoms with E-state index in [0.717, 1.165) is 10.8 Å². The maximum atomic E-state index is 10.7. The van der Waals surface area contributed by atoms with E-state index >= 15 is 0 Å². The van der Waals surface area contributed by atoms with Crippen LogP contribution in [0.2, 0.25) is 0 Å². The molecule has 0 radical (unpaired) electrons. The zero-order valence-electron chi connectivity index (χ0n) is 8.88. The molecule has 2 aromatic carbocycles. The third-order valence-electron chi connectivity index (χ3n) is 2.58. The molecule has 0 saturated carbocycles. The van der Waals surface area contributed by atoms with Crippen LogP contribution < -0.4 is 4.74 Å². The van der Waals surface area contributed by atoms with Crippen molar-refractivity contribution >= 4 is 17.1 Å². The number of aliphatic hydroxyl groups excluding tert-OH is 1. The number of methoxy groups -OCH3 is 1. The molecule has 1 atom stereocenters. The summed E-state index contributed by atoms with van der Waals surface area (Å²) < 4.78 is 5.16. The van der Waals surface area contributed by atoms with Crippen LogP contribution in [0, 0.1) is 0 Å². The predicted molar refractivity (Wildman–Crippen MR) is 61.5 cm³/mol. The molecule has 2 rings (SSSR count). The van der Waals surface area contributed by atoms with E-state index in [4.69, 9.17) is 4.74 Å². The largest absolute Gasteiger partial charge is 0.496 e. The number of aliphatic hydroxyl groups is 1. The number of carbonyl (C=O) groups is 1.